The van der Waals surface area contributed by atoms with Crippen molar-refractivity contribution in [1.29, 1.82) is 0 Å². The van der Waals surface area contributed by atoms with Gasteiger partial charge in [0.15, 0.2) is 0 Å². The zero-order valence-electron chi connectivity index (χ0n) is 15.0. The van der Waals surface area contributed by atoms with Gasteiger partial charge in [-0.15, -0.1) is 0 Å². The molecule has 0 bridgehead atoms. The maximum absolute atomic E-state index is 5.88. The Bertz CT molecular complexity index is 413. The van der Waals surface area contributed by atoms with Gasteiger partial charge in [0, 0.05) is 31.9 Å². The molecular weight excluding hydrogens is 312 g/mol. The Morgan fingerprint density at radius 2 is 1.26 bits per heavy atom. The summed E-state index contributed by atoms with van der Waals surface area (Å²) < 4.78 is 28.3. The third kappa shape index (κ3) is 6.51. The summed E-state index contributed by atoms with van der Waals surface area (Å²) in [6.45, 7) is 7.77. The topological polar surface area (TPSA) is 46.2 Å². The van der Waals surface area contributed by atoms with E-state index in [9.17, 15) is 0 Å². The SMILES string of the molecule is CCO[Si](CCCc1cc(OC)cc(OC)c1)(OCC)OCC. The molecule has 0 aliphatic carbocycles. The van der Waals surface area contributed by atoms with Crippen molar-refractivity contribution in [2.75, 3.05) is 34.0 Å². The van der Waals surface area contributed by atoms with Crippen LogP contribution >= 0.6 is 0 Å². The van der Waals surface area contributed by atoms with Crippen molar-refractivity contribution in [3.05, 3.63) is 23.8 Å². The fourth-order valence-electron chi connectivity index (χ4n) is 2.52. The average molecular weight is 343 g/mol. The van der Waals surface area contributed by atoms with Crippen LogP contribution in [0.5, 0.6) is 11.5 Å². The van der Waals surface area contributed by atoms with E-state index in [0.717, 1.165) is 30.4 Å². The Labute approximate surface area is 141 Å². The Kier molecular flexibility index (Phi) is 9.24. The van der Waals surface area contributed by atoms with Gasteiger partial charge in [-0.1, -0.05) is 0 Å². The van der Waals surface area contributed by atoms with Crippen LogP contribution in [0.25, 0.3) is 0 Å². The first-order valence-corrected chi connectivity index (χ1v) is 10.2. The second kappa shape index (κ2) is 10.6. The van der Waals surface area contributed by atoms with Gasteiger partial charge >= 0.3 is 8.80 Å². The number of hydrogen-bond acceptors (Lipinski definition) is 5. The van der Waals surface area contributed by atoms with Crippen LogP contribution in [-0.2, 0) is 19.7 Å². The number of aryl methyl sites for hydroxylation is 1. The second-order valence-corrected chi connectivity index (χ2v) is 7.79. The molecule has 0 saturated heterocycles. The maximum Gasteiger partial charge on any atom is 0.500 e. The lowest BCUT2D eigenvalue weighted by Gasteiger charge is -2.28. The van der Waals surface area contributed by atoms with Crippen molar-refractivity contribution in [1.82, 2.24) is 0 Å². The van der Waals surface area contributed by atoms with Gasteiger partial charge in [0.25, 0.3) is 0 Å². The smallest absolute Gasteiger partial charge is 0.497 e. The van der Waals surface area contributed by atoms with Crippen LogP contribution in [-0.4, -0.2) is 42.8 Å². The molecule has 0 aliphatic heterocycles. The molecule has 0 spiro atoms. The lowest BCUT2D eigenvalue weighted by Crippen LogP contribution is -2.46. The normalized spacial score (nSPS) is 11.5. The molecule has 0 unspecified atom stereocenters. The van der Waals surface area contributed by atoms with Crippen molar-refractivity contribution in [3.63, 3.8) is 0 Å². The standard InChI is InChI=1S/C17H30O5Si/c1-6-20-23(21-7-2,22-8-3)11-9-10-15-12-16(18-4)14-17(13-15)19-5/h12-14H,6-11H2,1-5H3. The Balaban J connectivity index is 2.71. The zero-order valence-corrected chi connectivity index (χ0v) is 16.0. The van der Waals surface area contributed by atoms with Crippen molar-refractivity contribution in [2.45, 2.75) is 39.7 Å². The number of hydrogen-bond donors (Lipinski definition) is 0. The minimum absolute atomic E-state index is 0.610. The average Bonchev–Trinajstić information content (AvgIpc) is 2.55. The van der Waals surface area contributed by atoms with Crippen LogP contribution in [0, 0.1) is 0 Å². The van der Waals surface area contributed by atoms with Gasteiger partial charge in [-0.05, 0) is 51.3 Å². The van der Waals surface area contributed by atoms with Gasteiger partial charge in [0.1, 0.15) is 11.5 Å². The third-order valence-corrected chi connectivity index (χ3v) is 6.60. The number of ether oxygens (including phenoxy) is 2. The van der Waals surface area contributed by atoms with E-state index in [0.29, 0.717) is 19.8 Å². The molecule has 0 amide bonds. The fourth-order valence-corrected chi connectivity index (χ4v) is 5.13. The minimum atomic E-state index is -2.56. The van der Waals surface area contributed by atoms with Crippen LogP contribution in [0.1, 0.15) is 32.8 Å². The summed E-state index contributed by atoms with van der Waals surface area (Å²) in [5, 5.41) is 0. The molecule has 0 heterocycles. The van der Waals surface area contributed by atoms with E-state index >= 15 is 0 Å². The molecule has 1 rings (SSSR count). The summed E-state index contributed by atoms with van der Waals surface area (Å²) in [6, 6.07) is 6.76. The molecule has 23 heavy (non-hydrogen) atoms. The molecule has 0 atom stereocenters. The number of benzene rings is 1. The first-order valence-electron chi connectivity index (χ1n) is 8.26. The molecular formula is C17H30O5Si. The summed E-state index contributed by atoms with van der Waals surface area (Å²) in [4.78, 5) is 0. The molecule has 1 aromatic rings. The van der Waals surface area contributed by atoms with Crippen LogP contribution in [0.3, 0.4) is 0 Å². The molecule has 1 aromatic carbocycles. The first kappa shape index (κ1) is 20.0. The van der Waals surface area contributed by atoms with Crippen molar-refractivity contribution in [2.24, 2.45) is 0 Å². The Morgan fingerprint density at radius 3 is 1.65 bits per heavy atom. The summed E-state index contributed by atoms with van der Waals surface area (Å²) in [6.07, 6.45) is 1.83. The molecule has 0 saturated carbocycles. The van der Waals surface area contributed by atoms with E-state index in [1.165, 1.54) is 5.56 Å². The minimum Gasteiger partial charge on any atom is -0.497 e. The van der Waals surface area contributed by atoms with E-state index in [-0.39, 0.29) is 0 Å². The highest BCUT2D eigenvalue weighted by Gasteiger charge is 2.39. The van der Waals surface area contributed by atoms with E-state index in [1.54, 1.807) is 14.2 Å². The zero-order chi connectivity index (χ0) is 17.1. The van der Waals surface area contributed by atoms with Crippen molar-refractivity contribution in [3.8, 4) is 11.5 Å². The summed E-state index contributed by atoms with van der Waals surface area (Å²) in [5.74, 6) is 1.62. The van der Waals surface area contributed by atoms with E-state index in [1.807, 2.05) is 39.0 Å². The monoisotopic (exact) mass is 342 g/mol. The lowest BCUT2D eigenvalue weighted by molar-refractivity contribution is 0.0708. The highest BCUT2D eigenvalue weighted by Crippen LogP contribution is 2.25. The van der Waals surface area contributed by atoms with E-state index in [4.69, 9.17) is 22.8 Å². The molecule has 0 radical (unpaired) electrons. The molecule has 0 aliphatic rings. The second-order valence-electron chi connectivity index (χ2n) is 5.06. The summed E-state index contributed by atoms with van der Waals surface area (Å²) >= 11 is 0. The molecule has 5 nitrogen and oxygen atoms in total. The third-order valence-electron chi connectivity index (χ3n) is 3.45. The molecule has 132 valence electrons. The largest absolute Gasteiger partial charge is 0.500 e. The van der Waals surface area contributed by atoms with Crippen LogP contribution in [0.4, 0.5) is 0 Å². The van der Waals surface area contributed by atoms with Gasteiger partial charge in [-0.3, -0.25) is 0 Å². The van der Waals surface area contributed by atoms with Crippen LogP contribution in [0.15, 0.2) is 18.2 Å². The lowest BCUT2D eigenvalue weighted by atomic mass is 10.1. The highest BCUT2D eigenvalue weighted by atomic mass is 28.4. The Morgan fingerprint density at radius 1 is 0.783 bits per heavy atom. The molecule has 6 heteroatoms. The molecule has 0 aromatic heterocycles. The molecule has 0 fully saturated rings. The van der Waals surface area contributed by atoms with Gasteiger partial charge in [0.2, 0.25) is 0 Å². The number of methoxy groups -OCH3 is 2. The van der Waals surface area contributed by atoms with Crippen LogP contribution in [0.2, 0.25) is 6.04 Å². The van der Waals surface area contributed by atoms with Gasteiger partial charge < -0.3 is 22.8 Å². The molecule has 0 N–H and O–H groups in total. The number of rotatable bonds is 12. The van der Waals surface area contributed by atoms with Gasteiger partial charge in [0.05, 0.1) is 14.2 Å². The summed E-state index contributed by atoms with van der Waals surface area (Å²) in [5.41, 5.74) is 1.17. The predicted octanol–water partition coefficient (Wildman–Crippen LogP) is 3.68. The van der Waals surface area contributed by atoms with Gasteiger partial charge in [-0.2, -0.15) is 0 Å². The Hall–Kier alpha value is -1.08. The maximum atomic E-state index is 5.88. The summed E-state index contributed by atoms with van der Waals surface area (Å²) in [7, 11) is 0.769. The first-order chi connectivity index (χ1) is 11.1. The quantitative estimate of drug-likeness (QED) is 0.542. The van der Waals surface area contributed by atoms with Crippen molar-refractivity contribution < 1.29 is 22.8 Å². The van der Waals surface area contributed by atoms with E-state index in [2.05, 4.69) is 0 Å². The predicted molar refractivity (Wildman–Crippen MR) is 93.3 cm³/mol. The van der Waals surface area contributed by atoms with E-state index < -0.39 is 8.80 Å². The van der Waals surface area contributed by atoms with Gasteiger partial charge in [-0.25, -0.2) is 0 Å². The van der Waals surface area contributed by atoms with Crippen molar-refractivity contribution >= 4 is 8.80 Å². The van der Waals surface area contributed by atoms with Crippen LogP contribution < -0.4 is 9.47 Å². The highest BCUT2D eigenvalue weighted by molar-refractivity contribution is 6.60. The fraction of sp³-hybridized carbons (Fsp3) is 0.647.